The maximum atomic E-state index is 11.2. The lowest BCUT2D eigenvalue weighted by Gasteiger charge is -2.10. The van der Waals surface area contributed by atoms with Crippen LogP contribution < -0.4 is 10.1 Å². The maximum Gasteiger partial charge on any atom is 0.239 e. The number of carbonyl (C=O) groups excluding carboxylic acids is 1. The minimum atomic E-state index is -1.93. The van der Waals surface area contributed by atoms with Crippen LogP contribution in [0.1, 0.15) is 5.56 Å². The number of anilines is 1. The maximum absolute atomic E-state index is 11.2. The summed E-state index contributed by atoms with van der Waals surface area (Å²) in [6.07, 6.45) is 0. The van der Waals surface area contributed by atoms with Crippen LogP contribution in [0.25, 0.3) is 0 Å². The number of amides is 1. The van der Waals surface area contributed by atoms with Gasteiger partial charge in [-0.15, -0.1) is 11.6 Å². The third kappa shape index (κ3) is 4.33. The van der Waals surface area contributed by atoms with Gasteiger partial charge in [-0.05, 0) is 17.7 Å². The van der Waals surface area contributed by atoms with Crippen molar-refractivity contribution in [2.75, 3.05) is 18.3 Å². The van der Waals surface area contributed by atoms with Crippen molar-refractivity contribution in [3.8, 4) is 5.75 Å². The van der Waals surface area contributed by atoms with Crippen LogP contribution in [0.4, 0.5) is 5.69 Å². The van der Waals surface area contributed by atoms with Crippen LogP contribution in [-0.2, 0) is 21.6 Å². The van der Waals surface area contributed by atoms with E-state index in [0.717, 1.165) is 0 Å². The second kappa shape index (κ2) is 6.58. The second-order valence-electron chi connectivity index (χ2n) is 3.18. The Hall–Kier alpha value is -1.11. The summed E-state index contributed by atoms with van der Waals surface area (Å²) in [5.41, 5.74) is 1.05. The van der Waals surface area contributed by atoms with Gasteiger partial charge in [-0.2, -0.15) is 0 Å². The Labute approximate surface area is 106 Å². The zero-order valence-corrected chi connectivity index (χ0v) is 10.7. The van der Waals surface area contributed by atoms with E-state index in [1.54, 1.807) is 18.2 Å². The highest BCUT2D eigenvalue weighted by Crippen LogP contribution is 2.26. The Kier molecular flexibility index (Phi) is 5.40. The summed E-state index contributed by atoms with van der Waals surface area (Å²) in [6, 6.07) is 4.85. The summed E-state index contributed by atoms with van der Waals surface area (Å²) in [7, 11) is 1.47. The Morgan fingerprint density at radius 1 is 1.59 bits per heavy atom. The molecule has 0 aliphatic carbocycles. The lowest BCUT2D eigenvalue weighted by molar-refractivity contribution is -0.113. The van der Waals surface area contributed by atoms with Gasteiger partial charge >= 0.3 is 0 Å². The van der Waals surface area contributed by atoms with Gasteiger partial charge in [0, 0.05) is 0 Å². The average Bonchev–Trinajstić information content (AvgIpc) is 2.28. The van der Waals surface area contributed by atoms with Crippen molar-refractivity contribution in [3.05, 3.63) is 23.8 Å². The van der Waals surface area contributed by atoms with Crippen molar-refractivity contribution in [2.45, 2.75) is 5.75 Å². The lowest BCUT2D eigenvalue weighted by Crippen LogP contribution is -2.13. The molecule has 2 N–H and O–H groups in total. The van der Waals surface area contributed by atoms with Crippen molar-refractivity contribution in [2.24, 2.45) is 0 Å². The summed E-state index contributed by atoms with van der Waals surface area (Å²) in [5, 5.41) is 2.55. The van der Waals surface area contributed by atoms with E-state index in [4.69, 9.17) is 20.9 Å². The van der Waals surface area contributed by atoms with Gasteiger partial charge in [0.25, 0.3) is 0 Å². The molecule has 0 saturated heterocycles. The number of hydrogen-bond acceptors (Lipinski definition) is 3. The number of carbonyl (C=O) groups is 1. The van der Waals surface area contributed by atoms with Gasteiger partial charge < -0.3 is 14.6 Å². The molecule has 1 rings (SSSR count). The lowest BCUT2D eigenvalue weighted by atomic mass is 10.2. The molecule has 0 heterocycles. The fourth-order valence-electron chi connectivity index (χ4n) is 1.27. The van der Waals surface area contributed by atoms with E-state index in [-0.39, 0.29) is 17.5 Å². The molecule has 1 aromatic carbocycles. The number of benzene rings is 1. The third-order valence-corrected chi connectivity index (χ3v) is 2.77. The number of alkyl halides is 1. The molecule has 17 heavy (non-hydrogen) atoms. The predicted molar refractivity (Wildman–Crippen MR) is 66.8 cm³/mol. The first kappa shape index (κ1) is 14.0. The number of rotatable bonds is 5. The summed E-state index contributed by atoms with van der Waals surface area (Å²) >= 11 is 3.45. The molecule has 1 amide bonds. The van der Waals surface area contributed by atoms with E-state index in [2.05, 4.69) is 5.32 Å². The van der Waals surface area contributed by atoms with E-state index >= 15 is 0 Å². The minimum Gasteiger partial charge on any atom is -0.495 e. The first-order chi connectivity index (χ1) is 8.06. The highest BCUT2D eigenvalue weighted by atomic mass is 35.5. The molecular formula is C10H12ClNO4S. The van der Waals surface area contributed by atoms with Crippen molar-refractivity contribution in [1.82, 2.24) is 0 Å². The summed E-state index contributed by atoms with van der Waals surface area (Å²) in [6.45, 7) is 0. The van der Waals surface area contributed by atoms with Crippen LogP contribution in [-0.4, -0.2) is 27.7 Å². The molecule has 1 atom stereocenters. The molecule has 0 radical (unpaired) electrons. The van der Waals surface area contributed by atoms with Gasteiger partial charge in [0.1, 0.15) is 11.6 Å². The van der Waals surface area contributed by atoms with Crippen molar-refractivity contribution >= 4 is 34.3 Å². The largest absolute Gasteiger partial charge is 0.495 e. The molecule has 0 aliphatic heterocycles. The number of hydrogen-bond donors (Lipinski definition) is 2. The van der Waals surface area contributed by atoms with Crippen LogP contribution in [0.5, 0.6) is 5.75 Å². The number of nitrogens with one attached hydrogen (secondary N) is 1. The zero-order valence-electron chi connectivity index (χ0n) is 9.10. The molecular weight excluding hydrogens is 266 g/mol. The molecule has 5 nitrogen and oxygen atoms in total. The first-order valence-corrected chi connectivity index (χ1v) is 6.48. The van der Waals surface area contributed by atoms with Crippen LogP contribution in [0, 0.1) is 0 Å². The van der Waals surface area contributed by atoms with E-state index in [9.17, 15) is 9.00 Å². The van der Waals surface area contributed by atoms with E-state index in [0.29, 0.717) is 17.0 Å². The Balaban J connectivity index is 2.97. The molecule has 7 heteroatoms. The van der Waals surface area contributed by atoms with E-state index in [1.807, 2.05) is 0 Å². The van der Waals surface area contributed by atoms with Crippen LogP contribution in [0.3, 0.4) is 0 Å². The standard InChI is InChI=1S/C10H12ClNO4S/c1-16-9-3-2-7(6-17(14)15)4-8(9)12-10(13)5-11/h2-4H,5-6H2,1H3,(H,12,13)(H,14,15). The molecule has 0 bridgehead atoms. The van der Waals surface area contributed by atoms with Crippen molar-refractivity contribution in [3.63, 3.8) is 0 Å². The van der Waals surface area contributed by atoms with E-state index in [1.165, 1.54) is 7.11 Å². The number of methoxy groups -OCH3 is 1. The molecule has 0 spiro atoms. The van der Waals surface area contributed by atoms with Crippen LogP contribution in [0.2, 0.25) is 0 Å². The van der Waals surface area contributed by atoms with Gasteiger partial charge in [-0.25, -0.2) is 4.21 Å². The number of halogens is 1. The summed E-state index contributed by atoms with van der Waals surface area (Å²) < 4.78 is 24.5. The Bertz CT molecular complexity index is 438. The molecule has 0 fully saturated rings. The third-order valence-electron chi connectivity index (χ3n) is 1.95. The molecule has 0 aliphatic rings. The topological polar surface area (TPSA) is 75.6 Å². The molecule has 1 unspecified atom stereocenters. The quantitative estimate of drug-likeness (QED) is 0.633. The smallest absolute Gasteiger partial charge is 0.239 e. The number of ether oxygens (including phenoxy) is 1. The summed E-state index contributed by atoms with van der Waals surface area (Å²) in [4.78, 5) is 11.2. The SMILES string of the molecule is COc1ccc(CS(=O)O)cc1NC(=O)CCl. The van der Waals surface area contributed by atoms with Gasteiger partial charge in [0.05, 0.1) is 18.6 Å². The first-order valence-electron chi connectivity index (χ1n) is 4.67. The molecule has 0 saturated carbocycles. The van der Waals surface area contributed by atoms with Gasteiger partial charge in [-0.1, -0.05) is 6.07 Å². The van der Waals surface area contributed by atoms with E-state index < -0.39 is 11.1 Å². The van der Waals surface area contributed by atoms with Gasteiger partial charge in [0.2, 0.25) is 5.91 Å². The van der Waals surface area contributed by atoms with Gasteiger partial charge in [0.15, 0.2) is 11.1 Å². The summed E-state index contributed by atoms with van der Waals surface area (Å²) in [5.74, 6) is -0.0734. The minimum absolute atomic E-state index is 0.00621. The van der Waals surface area contributed by atoms with Crippen LogP contribution >= 0.6 is 11.6 Å². The second-order valence-corrected chi connectivity index (χ2v) is 4.38. The zero-order chi connectivity index (χ0) is 12.8. The fraction of sp³-hybridized carbons (Fsp3) is 0.300. The predicted octanol–water partition coefficient (Wildman–Crippen LogP) is 1.59. The monoisotopic (exact) mass is 277 g/mol. The fourth-order valence-corrected chi connectivity index (χ4v) is 1.80. The molecule has 1 aromatic rings. The van der Waals surface area contributed by atoms with Gasteiger partial charge in [-0.3, -0.25) is 4.79 Å². The Morgan fingerprint density at radius 3 is 2.82 bits per heavy atom. The highest BCUT2D eigenvalue weighted by Gasteiger charge is 2.08. The molecule has 0 aromatic heterocycles. The highest BCUT2D eigenvalue weighted by molar-refractivity contribution is 7.78. The normalized spacial score (nSPS) is 11.9. The Morgan fingerprint density at radius 2 is 2.29 bits per heavy atom. The molecule has 94 valence electrons. The average molecular weight is 278 g/mol. The van der Waals surface area contributed by atoms with Crippen LogP contribution in [0.15, 0.2) is 18.2 Å². The van der Waals surface area contributed by atoms with Crippen molar-refractivity contribution in [1.29, 1.82) is 0 Å². The van der Waals surface area contributed by atoms with Crippen molar-refractivity contribution < 1.29 is 18.3 Å².